The summed E-state index contributed by atoms with van der Waals surface area (Å²) in [7, 11) is -3.50. The van der Waals surface area contributed by atoms with Crippen LogP contribution in [0.15, 0.2) is 23.2 Å². The number of rotatable bonds is 3. The van der Waals surface area contributed by atoms with Gasteiger partial charge >= 0.3 is 0 Å². The van der Waals surface area contributed by atoms with E-state index >= 15 is 0 Å². The zero-order chi connectivity index (χ0) is 13.2. The largest absolute Gasteiger partial charge is 0.307 e. The van der Waals surface area contributed by atoms with E-state index in [9.17, 15) is 8.42 Å². The summed E-state index contributed by atoms with van der Waals surface area (Å²) in [6.45, 7) is 3.26. The fourth-order valence-electron chi connectivity index (χ4n) is 2.07. The number of aromatic nitrogens is 1. The highest BCUT2D eigenvalue weighted by molar-refractivity contribution is 7.89. The first-order valence-corrected chi connectivity index (χ1v) is 7.41. The van der Waals surface area contributed by atoms with E-state index in [-0.39, 0.29) is 10.7 Å². The zero-order valence-electron chi connectivity index (χ0n) is 10.3. The number of nitrogens with one attached hydrogen (secondary N) is 1. The number of sulfonamides is 1. The van der Waals surface area contributed by atoms with Crippen LogP contribution in [0.3, 0.4) is 0 Å². The average Bonchev–Trinajstić information content (AvgIpc) is 2.39. The van der Waals surface area contributed by atoms with Crippen molar-refractivity contribution in [2.75, 3.05) is 18.5 Å². The van der Waals surface area contributed by atoms with Crippen molar-refractivity contribution in [3.05, 3.63) is 18.3 Å². The van der Waals surface area contributed by atoms with Crippen LogP contribution in [0.5, 0.6) is 0 Å². The van der Waals surface area contributed by atoms with Crippen LogP contribution in [0.25, 0.3) is 0 Å². The summed E-state index contributed by atoms with van der Waals surface area (Å²) in [6.07, 6.45) is 3.29. The first-order chi connectivity index (χ1) is 8.55. The lowest BCUT2D eigenvalue weighted by molar-refractivity contribution is 0.288. The van der Waals surface area contributed by atoms with E-state index in [2.05, 4.69) is 17.3 Å². The van der Waals surface area contributed by atoms with Crippen molar-refractivity contribution >= 4 is 15.8 Å². The smallest absolute Gasteiger partial charge is 0.246 e. The van der Waals surface area contributed by atoms with Crippen molar-refractivity contribution in [1.29, 1.82) is 0 Å². The predicted molar refractivity (Wildman–Crippen MR) is 69.2 cm³/mol. The Morgan fingerprint density at radius 3 is 2.72 bits per heavy atom. The minimum absolute atomic E-state index is 0.141. The second-order valence-corrected chi connectivity index (χ2v) is 6.49. The Labute approximate surface area is 107 Å². The van der Waals surface area contributed by atoms with Gasteiger partial charge < -0.3 is 5.43 Å². The molecule has 7 heteroatoms. The molecule has 0 aliphatic carbocycles. The Bertz CT molecular complexity index is 510. The van der Waals surface area contributed by atoms with Crippen LogP contribution in [-0.2, 0) is 10.0 Å². The monoisotopic (exact) mass is 270 g/mol. The molecule has 18 heavy (non-hydrogen) atoms. The minimum Gasteiger partial charge on any atom is -0.307 e. The fraction of sp³-hybridized carbons (Fsp3) is 0.545. The topological polar surface area (TPSA) is 88.3 Å². The van der Waals surface area contributed by atoms with Crippen molar-refractivity contribution in [3.8, 4) is 0 Å². The van der Waals surface area contributed by atoms with Crippen molar-refractivity contribution in [2.24, 2.45) is 11.8 Å². The van der Waals surface area contributed by atoms with Gasteiger partial charge in [0.2, 0.25) is 10.0 Å². The van der Waals surface area contributed by atoms with E-state index in [1.54, 1.807) is 6.07 Å². The third-order valence-corrected chi connectivity index (χ3v) is 5.20. The van der Waals surface area contributed by atoms with Gasteiger partial charge in [-0.15, -0.1) is 0 Å². The average molecular weight is 270 g/mol. The number of hydrogen-bond acceptors (Lipinski definition) is 5. The number of piperidine rings is 1. The number of hydrazine groups is 1. The van der Waals surface area contributed by atoms with E-state index in [0.29, 0.717) is 19.0 Å². The molecular formula is C11H18N4O2S. The first kappa shape index (κ1) is 13.3. The minimum atomic E-state index is -3.50. The van der Waals surface area contributed by atoms with Crippen molar-refractivity contribution < 1.29 is 8.42 Å². The van der Waals surface area contributed by atoms with E-state index < -0.39 is 10.0 Å². The second-order valence-electron chi connectivity index (χ2n) is 4.58. The predicted octanol–water partition coefficient (Wildman–Crippen LogP) is 0.788. The van der Waals surface area contributed by atoms with Crippen LogP contribution >= 0.6 is 0 Å². The third-order valence-electron chi connectivity index (χ3n) is 3.27. The molecule has 1 aliphatic rings. The summed E-state index contributed by atoms with van der Waals surface area (Å²) in [4.78, 5) is 4.07. The maximum absolute atomic E-state index is 12.5. The van der Waals surface area contributed by atoms with Crippen molar-refractivity contribution in [1.82, 2.24) is 9.29 Å². The van der Waals surface area contributed by atoms with Crippen LogP contribution < -0.4 is 11.3 Å². The molecular weight excluding hydrogens is 252 g/mol. The summed E-state index contributed by atoms with van der Waals surface area (Å²) in [5.41, 5.74) is 2.33. The number of nitrogens with two attached hydrogens (primary N) is 1. The van der Waals surface area contributed by atoms with Crippen LogP contribution in [-0.4, -0.2) is 30.8 Å². The van der Waals surface area contributed by atoms with Gasteiger partial charge in [0, 0.05) is 19.3 Å². The highest BCUT2D eigenvalue weighted by Gasteiger charge is 2.30. The highest BCUT2D eigenvalue weighted by atomic mass is 32.2. The van der Waals surface area contributed by atoms with Crippen LogP contribution in [0.4, 0.5) is 5.82 Å². The lowest BCUT2D eigenvalue weighted by Crippen LogP contribution is -2.38. The molecule has 2 heterocycles. The van der Waals surface area contributed by atoms with Gasteiger partial charge in [-0.2, -0.15) is 4.31 Å². The van der Waals surface area contributed by atoms with Gasteiger partial charge in [-0.05, 0) is 30.9 Å². The maximum Gasteiger partial charge on any atom is 0.246 e. The van der Waals surface area contributed by atoms with Gasteiger partial charge in [0.15, 0.2) is 5.82 Å². The first-order valence-electron chi connectivity index (χ1n) is 5.97. The molecule has 0 spiro atoms. The molecule has 1 aliphatic heterocycles. The van der Waals surface area contributed by atoms with E-state index in [1.807, 2.05) is 0 Å². The fourth-order valence-corrected chi connectivity index (χ4v) is 3.65. The summed E-state index contributed by atoms with van der Waals surface area (Å²) < 4.78 is 26.4. The van der Waals surface area contributed by atoms with Gasteiger partial charge in [-0.3, -0.25) is 0 Å². The van der Waals surface area contributed by atoms with Crippen LogP contribution in [0.2, 0.25) is 0 Å². The summed E-state index contributed by atoms with van der Waals surface area (Å²) in [5, 5.41) is 0. The number of hydrogen-bond donors (Lipinski definition) is 2. The van der Waals surface area contributed by atoms with Gasteiger partial charge in [0.1, 0.15) is 4.90 Å². The highest BCUT2D eigenvalue weighted by Crippen LogP contribution is 2.26. The molecule has 0 bridgehead atoms. The Hall–Kier alpha value is -1.18. The van der Waals surface area contributed by atoms with Crippen molar-refractivity contribution in [2.45, 2.75) is 24.7 Å². The summed E-state index contributed by atoms with van der Waals surface area (Å²) in [5.74, 6) is 6.08. The molecule has 1 fully saturated rings. The summed E-state index contributed by atoms with van der Waals surface area (Å²) in [6, 6.07) is 3.12. The SMILES string of the molecule is CC1CCN(S(=O)(=O)c2cccnc2NN)CC1. The molecule has 0 radical (unpaired) electrons. The Balaban J connectivity index is 2.30. The third kappa shape index (κ3) is 2.47. The van der Waals surface area contributed by atoms with Gasteiger partial charge in [0.05, 0.1) is 0 Å². The van der Waals surface area contributed by atoms with Crippen molar-refractivity contribution in [3.63, 3.8) is 0 Å². The Morgan fingerprint density at radius 1 is 1.44 bits per heavy atom. The Kier molecular flexibility index (Phi) is 3.84. The molecule has 6 nitrogen and oxygen atoms in total. The van der Waals surface area contributed by atoms with Crippen LogP contribution in [0.1, 0.15) is 19.8 Å². The number of nitrogen functional groups attached to an aromatic ring is 1. The number of nitrogens with zero attached hydrogens (tertiary/aromatic N) is 2. The molecule has 0 unspecified atom stereocenters. The lowest BCUT2D eigenvalue weighted by atomic mass is 10.0. The molecule has 2 rings (SSSR count). The normalized spacial score (nSPS) is 18.8. The molecule has 0 atom stereocenters. The second kappa shape index (κ2) is 5.21. The van der Waals surface area contributed by atoms with Gasteiger partial charge in [-0.1, -0.05) is 6.92 Å². The van der Waals surface area contributed by atoms with Crippen LogP contribution in [0, 0.1) is 5.92 Å². The standard InChI is InChI=1S/C11H18N4O2S/c1-9-4-7-15(8-5-9)18(16,17)10-3-2-6-13-11(10)14-12/h2-3,6,9H,4-5,7-8,12H2,1H3,(H,13,14). The summed E-state index contributed by atoms with van der Waals surface area (Å²) >= 11 is 0. The molecule has 0 amide bonds. The molecule has 0 saturated carbocycles. The van der Waals surface area contributed by atoms with Gasteiger partial charge in [0.25, 0.3) is 0 Å². The van der Waals surface area contributed by atoms with Gasteiger partial charge in [-0.25, -0.2) is 19.2 Å². The quantitative estimate of drug-likeness (QED) is 0.626. The van der Waals surface area contributed by atoms with E-state index in [1.165, 1.54) is 16.6 Å². The number of anilines is 1. The molecule has 1 aromatic heterocycles. The molecule has 0 aromatic carbocycles. The molecule has 3 N–H and O–H groups in total. The zero-order valence-corrected chi connectivity index (χ0v) is 11.2. The maximum atomic E-state index is 12.5. The molecule has 100 valence electrons. The lowest BCUT2D eigenvalue weighted by Gasteiger charge is -2.29. The van der Waals surface area contributed by atoms with E-state index in [4.69, 9.17) is 5.84 Å². The molecule has 1 aromatic rings. The van der Waals surface area contributed by atoms with E-state index in [0.717, 1.165) is 12.8 Å². The number of pyridine rings is 1. The Morgan fingerprint density at radius 2 is 2.11 bits per heavy atom. The molecule has 1 saturated heterocycles.